The number of rotatable bonds is 8. The lowest BCUT2D eigenvalue weighted by Crippen LogP contribution is -2.00. The molecule has 1 aromatic carbocycles. The van der Waals surface area contributed by atoms with Gasteiger partial charge >= 0.3 is 5.69 Å². The predicted molar refractivity (Wildman–Crippen MR) is 72.4 cm³/mol. The summed E-state index contributed by atoms with van der Waals surface area (Å²) in [6.07, 6.45) is 5.58. The highest BCUT2D eigenvalue weighted by atomic mass is 35.5. The Hall–Kier alpha value is -1.29. The van der Waals surface area contributed by atoms with Gasteiger partial charge < -0.3 is 4.74 Å². The summed E-state index contributed by atoms with van der Waals surface area (Å²) in [5.74, 6) is 0.253. The fraction of sp³-hybridized carbons (Fsp3) is 0.538. The quantitative estimate of drug-likeness (QED) is 0.394. The Balaban J connectivity index is 2.45. The van der Waals surface area contributed by atoms with Gasteiger partial charge in [0.05, 0.1) is 11.5 Å². The van der Waals surface area contributed by atoms with Crippen molar-refractivity contribution in [1.82, 2.24) is 0 Å². The maximum Gasteiger partial charge on any atom is 0.311 e. The third-order valence-corrected chi connectivity index (χ3v) is 2.86. The number of nitro groups is 1. The maximum absolute atomic E-state index is 10.8. The Labute approximate surface area is 112 Å². The van der Waals surface area contributed by atoms with Crippen LogP contribution in [-0.4, -0.2) is 11.5 Å². The Morgan fingerprint density at radius 2 is 2.00 bits per heavy atom. The van der Waals surface area contributed by atoms with E-state index in [2.05, 4.69) is 6.92 Å². The molecule has 0 aromatic heterocycles. The monoisotopic (exact) mass is 271 g/mol. The van der Waals surface area contributed by atoms with E-state index in [1.807, 2.05) is 0 Å². The van der Waals surface area contributed by atoms with Gasteiger partial charge in [-0.2, -0.15) is 0 Å². The molecule has 0 unspecified atom stereocenters. The number of ether oxygens (including phenoxy) is 1. The predicted octanol–water partition coefficient (Wildman–Crippen LogP) is 4.60. The van der Waals surface area contributed by atoms with E-state index in [4.69, 9.17) is 16.3 Å². The molecular weight excluding hydrogens is 254 g/mol. The summed E-state index contributed by atoms with van der Waals surface area (Å²) in [6.45, 7) is 2.65. The number of nitrogens with zero attached hydrogens (tertiary/aromatic N) is 1. The van der Waals surface area contributed by atoms with Gasteiger partial charge in [0.2, 0.25) is 0 Å². The van der Waals surface area contributed by atoms with Gasteiger partial charge in [-0.25, -0.2) is 0 Å². The van der Waals surface area contributed by atoms with Crippen molar-refractivity contribution in [3.63, 3.8) is 0 Å². The number of unbranched alkanes of at least 4 members (excludes halogenated alkanes) is 4. The molecule has 0 aliphatic rings. The highest BCUT2D eigenvalue weighted by Crippen LogP contribution is 2.30. The van der Waals surface area contributed by atoms with Gasteiger partial charge in [-0.05, 0) is 12.5 Å². The van der Waals surface area contributed by atoms with Crippen molar-refractivity contribution in [2.24, 2.45) is 0 Å². The van der Waals surface area contributed by atoms with Crippen LogP contribution >= 0.6 is 11.6 Å². The number of hydrogen-bond donors (Lipinski definition) is 0. The highest BCUT2D eigenvalue weighted by Gasteiger charge is 2.14. The molecule has 0 aliphatic heterocycles. The first-order valence-electron chi connectivity index (χ1n) is 6.22. The topological polar surface area (TPSA) is 52.4 Å². The second-order valence-corrected chi connectivity index (χ2v) is 4.57. The minimum atomic E-state index is -0.456. The Morgan fingerprint density at radius 1 is 1.28 bits per heavy atom. The highest BCUT2D eigenvalue weighted by molar-refractivity contribution is 6.30. The number of halogens is 1. The van der Waals surface area contributed by atoms with Crippen LogP contribution in [0.3, 0.4) is 0 Å². The van der Waals surface area contributed by atoms with Crippen molar-refractivity contribution in [2.75, 3.05) is 6.61 Å². The van der Waals surface area contributed by atoms with Crippen molar-refractivity contribution in [1.29, 1.82) is 0 Å². The van der Waals surface area contributed by atoms with Gasteiger partial charge in [-0.15, -0.1) is 0 Å². The molecule has 0 N–H and O–H groups in total. The van der Waals surface area contributed by atoms with Gasteiger partial charge in [0.15, 0.2) is 5.75 Å². The van der Waals surface area contributed by atoms with E-state index in [9.17, 15) is 10.1 Å². The maximum atomic E-state index is 10.8. The van der Waals surface area contributed by atoms with E-state index >= 15 is 0 Å². The van der Waals surface area contributed by atoms with Crippen molar-refractivity contribution in [2.45, 2.75) is 39.0 Å². The number of nitro benzene ring substituents is 1. The van der Waals surface area contributed by atoms with Crippen LogP contribution in [0.25, 0.3) is 0 Å². The van der Waals surface area contributed by atoms with E-state index in [1.54, 1.807) is 0 Å². The third kappa shape index (κ3) is 4.92. The van der Waals surface area contributed by atoms with E-state index in [0.717, 1.165) is 12.8 Å². The molecule has 18 heavy (non-hydrogen) atoms. The first-order valence-corrected chi connectivity index (χ1v) is 6.59. The molecule has 0 aliphatic carbocycles. The number of benzene rings is 1. The fourth-order valence-electron chi connectivity index (χ4n) is 1.64. The minimum absolute atomic E-state index is 0.0343. The smallest absolute Gasteiger partial charge is 0.311 e. The molecule has 0 atom stereocenters. The first kappa shape index (κ1) is 14.8. The third-order valence-electron chi connectivity index (χ3n) is 2.62. The lowest BCUT2D eigenvalue weighted by molar-refractivity contribution is -0.385. The molecule has 1 aromatic rings. The summed E-state index contributed by atoms with van der Waals surface area (Å²) < 4.78 is 5.43. The average molecular weight is 272 g/mol. The van der Waals surface area contributed by atoms with Crippen LogP contribution < -0.4 is 4.74 Å². The van der Waals surface area contributed by atoms with Crippen molar-refractivity contribution in [3.8, 4) is 5.75 Å². The largest absolute Gasteiger partial charge is 0.487 e. The lowest BCUT2D eigenvalue weighted by Gasteiger charge is -2.06. The zero-order chi connectivity index (χ0) is 13.4. The Bertz CT molecular complexity index is 396. The molecule has 0 radical (unpaired) electrons. The molecule has 100 valence electrons. The molecule has 0 bridgehead atoms. The molecular formula is C13H18ClNO3. The summed E-state index contributed by atoms with van der Waals surface area (Å²) in [4.78, 5) is 10.3. The molecule has 0 spiro atoms. The van der Waals surface area contributed by atoms with E-state index in [0.29, 0.717) is 11.6 Å². The summed E-state index contributed by atoms with van der Waals surface area (Å²) in [6, 6.07) is 4.36. The van der Waals surface area contributed by atoms with Gasteiger partial charge in [0.25, 0.3) is 0 Å². The summed E-state index contributed by atoms with van der Waals surface area (Å²) in [5, 5.41) is 11.2. The van der Waals surface area contributed by atoms with Crippen LogP contribution in [0.1, 0.15) is 39.0 Å². The van der Waals surface area contributed by atoms with E-state index in [1.165, 1.54) is 37.5 Å². The summed E-state index contributed by atoms with van der Waals surface area (Å²) >= 11 is 5.80. The van der Waals surface area contributed by atoms with Crippen molar-refractivity contribution >= 4 is 17.3 Å². The van der Waals surface area contributed by atoms with Gasteiger partial charge in [-0.3, -0.25) is 10.1 Å². The Kier molecular flexibility index (Phi) is 6.50. The standard InChI is InChI=1S/C13H18ClNO3/c1-2-3-4-5-6-9-18-13-10-11(14)7-8-12(13)15(16)17/h7-8,10H,2-6,9H2,1H3. The normalized spacial score (nSPS) is 10.3. The lowest BCUT2D eigenvalue weighted by atomic mass is 10.2. The summed E-state index contributed by atoms with van der Waals surface area (Å²) in [5.41, 5.74) is -0.0343. The van der Waals surface area contributed by atoms with Crippen LogP contribution in [0.2, 0.25) is 5.02 Å². The molecule has 5 heteroatoms. The van der Waals surface area contributed by atoms with E-state index < -0.39 is 4.92 Å². The summed E-state index contributed by atoms with van der Waals surface area (Å²) in [7, 11) is 0. The van der Waals surface area contributed by atoms with Crippen LogP contribution in [-0.2, 0) is 0 Å². The molecule has 1 rings (SSSR count). The zero-order valence-corrected chi connectivity index (χ0v) is 11.3. The van der Waals surface area contributed by atoms with Crippen molar-refractivity contribution < 1.29 is 9.66 Å². The zero-order valence-electron chi connectivity index (χ0n) is 10.5. The molecule has 0 saturated heterocycles. The van der Waals surface area contributed by atoms with Crippen molar-refractivity contribution in [3.05, 3.63) is 33.3 Å². The van der Waals surface area contributed by atoms with Crippen LogP contribution in [0, 0.1) is 10.1 Å². The van der Waals surface area contributed by atoms with Crippen LogP contribution in [0.4, 0.5) is 5.69 Å². The van der Waals surface area contributed by atoms with Gasteiger partial charge in [0.1, 0.15) is 0 Å². The Morgan fingerprint density at radius 3 is 2.67 bits per heavy atom. The number of hydrogen-bond acceptors (Lipinski definition) is 3. The van der Waals surface area contributed by atoms with Gasteiger partial charge in [-0.1, -0.05) is 44.2 Å². The molecule has 0 amide bonds. The SMILES string of the molecule is CCCCCCCOc1cc(Cl)ccc1[N+](=O)[O-]. The molecule has 4 nitrogen and oxygen atoms in total. The fourth-order valence-corrected chi connectivity index (χ4v) is 1.80. The molecule has 0 fully saturated rings. The molecule has 0 saturated carbocycles. The minimum Gasteiger partial charge on any atom is -0.487 e. The van der Waals surface area contributed by atoms with E-state index in [-0.39, 0.29) is 11.4 Å². The molecule has 0 heterocycles. The second kappa shape index (κ2) is 7.93. The van der Waals surface area contributed by atoms with Gasteiger partial charge in [0, 0.05) is 17.2 Å². The van der Waals surface area contributed by atoms with Crippen LogP contribution in [0.15, 0.2) is 18.2 Å². The van der Waals surface area contributed by atoms with Crippen LogP contribution in [0.5, 0.6) is 5.75 Å². The average Bonchev–Trinajstić information content (AvgIpc) is 2.33. The first-order chi connectivity index (χ1) is 8.65. The second-order valence-electron chi connectivity index (χ2n) is 4.13.